The minimum atomic E-state index is 0.192. The van der Waals surface area contributed by atoms with Crippen molar-refractivity contribution in [2.75, 3.05) is 20.6 Å². The second kappa shape index (κ2) is 7.65. The van der Waals surface area contributed by atoms with Gasteiger partial charge in [0.1, 0.15) is 5.75 Å². The maximum absolute atomic E-state index is 9.62. The highest BCUT2D eigenvalue weighted by molar-refractivity contribution is 6.31. The molecule has 1 rings (SSSR count). The molecule has 0 aliphatic carbocycles. The minimum Gasteiger partial charge on any atom is -0.506 e. The third kappa shape index (κ3) is 5.28. The van der Waals surface area contributed by atoms with Crippen LogP contribution in [0.5, 0.6) is 5.75 Å². The van der Waals surface area contributed by atoms with Gasteiger partial charge in [0, 0.05) is 0 Å². The van der Waals surface area contributed by atoms with Gasteiger partial charge in [0.25, 0.3) is 0 Å². The van der Waals surface area contributed by atoms with E-state index in [0.29, 0.717) is 10.9 Å². The van der Waals surface area contributed by atoms with Gasteiger partial charge in [-0.05, 0) is 57.1 Å². The summed E-state index contributed by atoms with van der Waals surface area (Å²) in [5.74, 6) is 0.870. The van der Waals surface area contributed by atoms with Crippen LogP contribution >= 0.6 is 11.6 Å². The summed E-state index contributed by atoms with van der Waals surface area (Å²) < 4.78 is 0. The molecular weight excluding hydrogens is 246 g/mol. The first kappa shape index (κ1) is 15.3. The van der Waals surface area contributed by atoms with Crippen LogP contribution in [0.3, 0.4) is 0 Å². The summed E-state index contributed by atoms with van der Waals surface area (Å²) in [5.41, 5.74) is 1.18. The third-order valence-corrected chi connectivity index (χ3v) is 3.54. The molecule has 0 aromatic heterocycles. The van der Waals surface area contributed by atoms with E-state index >= 15 is 0 Å². The van der Waals surface area contributed by atoms with E-state index in [4.69, 9.17) is 11.6 Å². The molecular formula is C15H24ClNO. The Morgan fingerprint density at radius 3 is 2.56 bits per heavy atom. The second-order valence-electron chi connectivity index (χ2n) is 5.24. The average Bonchev–Trinajstić information content (AvgIpc) is 2.31. The van der Waals surface area contributed by atoms with Gasteiger partial charge in [-0.1, -0.05) is 37.4 Å². The van der Waals surface area contributed by atoms with Crippen molar-refractivity contribution in [1.82, 2.24) is 4.90 Å². The van der Waals surface area contributed by atoms with Crippen LogP contribution in [0.4, 0.5) is 0 Å². The molecule has 3 heteroatoms. The molecule has 1 N–H and O–H groups in total. The molecule has 0 aliphatic heterocycles. The lowest BCUT2D eigenvalue weighted by molar-refractivity contribution is 0.336. The van der Waals surface area contributed by atoms with E-state index in [0.717, 1.165) is 13.0 Å². The molecule has 0 aliphatic rings. The number of aromatic hydroxyl groups is 1. The van der Waals surface area contributed by atoms with E-state index in [2.05, 4.69) is 25.9 Å². The number of rotatable bonds is 7. The Bertz CT molecular complexity index is 366. The van der Waals surface area contributed by atoms with E-state index in [1.54, 1.807) is 12.1 Å². The SMILES string of the molecule is CCC[C@H](CCN(C)C)Cc1ccc(Cl)c(O)c1. The molecule has 102 valence electrons. The second-order valence-corrected chi connectivity index (χ2v) is 5.64. The van der Waals surface area contributed by atoms with E-state index in [1.807, 2.05) is 6.07 Å². The van der Waals surface area contributed by atoms with E-state index in [-0.39, 0.29) is 5.75 Å². The molecule has 0 heterocycles. The molecule has 2 nitrogen and oxygen atoms in total. The summed E-state index contributed by atoms with van der Waals surface area (Å²) in [7, 11) is 4.22. The van der Waals surface area contributed by atoms with Crippen LogP contribution < -0.4 is 0 Å². The minimum absolute atomic E-state index is 0.192. The topological polar surface area (TPSA) is 23.5 Å². The van der Waals surface area contributed by atoms with Crippen LogP contribution in [-0.4, -0.2) is 30.6 Å². The fraction of sp³-hybridized carbons (Fsp3) is 0.600. The maximum Gasteiger partial charge on any atom is 0.134 e. The number of phenols is 1. The largest absolute Gasteiger partial charge is 0.506 e. The lowest BCUT2D eigenvalue weighted by atomic mass is 9.92. The number of benzene rings is 1. The number of halogens is 1. The zero-order valence-electron chi connectivity index (χ0n) is 11.6. The molecule has 0 saturated heterocycles. The highest BCUT2D eigenvalue weighted by Gasteiger charge is 2.10. The molecule has 0 bridgehead atoms. The molecule has 0 saturated carbocycles. The standard InChI is InChI=1S/C15H24ClNO/c1-4-5-12(8-9-17(2)3)10-13-6-7-14(16)15(18)11-13/h6-7,11-12,18H,4-5,8-10H2,1-3H3/t12-/m1/s1. The molecule has 0 amide bonds. The van der Waals surface area contributed by atoms with Crippen molar-refractivity contribution in [3.05, 3.63) is 28.8 Å². The van der Waals surface area contributed by atoms with Crippen LogP contribution in [0.2, 0.25) is 5.02 Å². The van der Waals surface area contributed by atoms with Crippen molar-refractivity contribution in [3.8, 4) is 5.75 Å². The van der Waals surface area contributed by atoms with Crippen molar-refractivity contribution in [3.63, 3.8) is 0 Å². The summed E-state index contributed by atoms with van der Waals surface area (Å²) in [6, 6.07) is 5.59. The van der Waals surface area contributed by atoms with Gasteiger partial charge < -0.3 is 10.0 Å². The normalized spacial score (nSPS) is 12.9. The zero-order valence-corrected chi connectivity index (χ0v) is 12.4. The van der Waals surface area contributed by atoms with Crippen molar-refractivity contribution in [2.24, 2.45) is 5.92 Å². The van der Waals surface area contributed by atoms with Crippen LogP contribution in [0.1, 0.15) is 31.7 Å². The average molecular weight is 270 g/mol. The highest BCUT2D eigenvalue weighted by Crippen LogP contribution is 2.26. The smallest absolute Gasteiger partial charge is 0.134 e. The van der Waals surface area contributed by atoms with Crippen molar-refractivity contribution >= 4 is 11.6 Å². The number of hydrogen-bond donors (Lipinski definition) is 1. The van der Waals surface area contributed by atoms with Crippen molar-refractivity contribution in [2.45, 2.75) is 32.6 Å². The molecule has 0 fully saturated rings. The molecule has 1 aromatic rings. The number of phenolic OH excluding ortho intramolecular Hbond substituents is 1. The fourth-order valence-corrected chi connectivity index (χ4v) is 2.33. The predicted molar refractivity (Wildman–Crippen MR) is 78.4 cm³/mol. The Balaban J connectivity index is 2.61. The van der Waals surface area contributed by atoms with E-state index < -0.39 is 0 Å². The Morgan fingerprint density at radius 1 is 1.28 bits per heavy atom. The van der Waals surface area contributed by atoms with Gasteiger partial charge in [-0.25, -0.2) is 0 Å². The summed E-state index contributed by atoms with van der Waals surface area (Å²) in [4.78, 5) is 2.22. The Labute approximate surface area is 116 Å². The van der Waals surface area contributed by atoms with E-state index in [9.17, 15) is 5.11 Å². The van der Waals surface area contributed by atoms with Crippen molar-refractivity contribution < 1.29 is 5.11 Å². The highest BCUT2D eigenvalue weighted by atomic mass is 35.5. The molecule has 18 heavy (non-hydrogen) atoms. The van der Waals surface area contributed by atoms with Crippen LogP contribution in [0, 0.1) is 5.92 Å². The zero-order chi connectivity index (χ0) is 13.5. The van der Waals surface area contributed by atoms with Gasteiger partial charge in [0.2, 0.25) is 0 Å². The summed E-state index contributed by atoms with van der Waals surface area (Å²) in [6.07, 6.45) is 4.66. The van der Waals surface area contributed by atoms with Gasteiger partial charge in [-0.3, -0.25) is 0 Å². The van der Waals surface area contributed by atoms with Gasteiger partial charge in [-0.2, -0.15) is 0 Å². The monoisotopic (exact) mass is 269 g/mol. The molecule has 0 radical (unpaired) electrons. The molecule has 1 aromatic carbocycles. The molecule has 0 unspecified atom stereocenters. The summed E-state index contributed by atoms with van der Waals surface area (Å²) in [6.45, 7) is 3.34. The van der Waals surface area contributed by atoms with Gasteiger partial charge in [0.05, 0.1) is 5.02 Å². The Morgan fingerprint density at radius 2 is 2.00 bits per heavy atom. The first-order valence-corrected chi connectivity index (χ1v) is 7.02. The number of nitrogens with zero attached hydrogens (tertiary/aromatic N) is 1. The van der Waals surface area contributed by atoms with Crippen LogP contribution in [-0.2, 0) is 6.42 Å². The lowest BCUT2D eigenvalue weighted by Gasteiger charge is -2.19. The van der Waals surface area contributed by atoms with Gasteiger partial charge >= 0.3 is 0 Å². The Kier molecular flexibility index (Phi) is 6.51. The van der Waals surface area contributed by atoms with Gasteiger partial charge in [-0.15, -0.1) is 0 Å². The van der Waals surface area contributed by atoms with Crippen LogP contribution in [0.15, 0.2) is 18.2 Å². The van der Waals surface area contributed by atoms with Crippen molar-refractivity contribution in [1.29, 1.82) is 0 Å². The van der Waals surface area contributed by atoms with Crippen LogP contribution in [0.25, 0.3) is 0 Å². The maximum atomic E-state index is 9.62. The first-order chi connectivity index (χ1) is 8.52. The Hall–Kier alpha value is -0.730. The quantitative estimate of drug-likeness (QED) is 0.810. The number of hydrogen-bond acceptors (Lipinski definition) is 2. The molecule has 1 atom stereocenters. The first-order valence-electron chi connectivity index (χ1n) is 6.65. The third-order valence-electron chi connectivity index (χ3n) is 3.22. The van der Waals surface area contributed by atoms with E-state index in [1.165, 1.54) is 24.8 Å². The summed E-state index contributed by atoms with van der Waals surface area (Å²) in [5, 5.41) is 10.1. The van der Waals surface area contributed by atoms with Gasteiger partial charge in [0.15, 0.2) is 0 Å². The fourth-order valence-electron chi connectivity index (χ4n) is 2.22. The predicted octanol–water partition coefficient (Wildman–Crippen LogP) is 3.96. The summed E-state index contributed by atoms with van der Waals surface area (Å²) >= 11 is 5.82. The molecule has 0 spiro atoms. The lowest BCUT2D eigenvalue weighted by Crippen LogP contribution is -2.17.